The van der Waals surface area contributed by atoms with Crippen LogP contribution in [0, 0.1) is 0 Å². The zero-order valence-electron chi connectivity index (χ0n) is 16.5. The summed E-state index contributed by atoms with van der Waals surface area (Å²) in [6, 6.07) is 20.4. The Balaban J connectivity index is 1.53. The van der Waals surface area contributed by atoms with E-state index in [2.05, 4.69) is 33.8 Å². The molecule has 1 N–H and O–H groups in total. The Hall–Kier alpha value is -3.44. The van der Waals surface area contributed by atoms with Gasteiger partial charge in [-0.25, -0.2) is 4.98 Å². The zero-order chi connectivity index (χ0) is 20.1. The van der Waals surface area contributed by atoms with Crippen molar-refractivity contribution < 1.29 is 9.84 Å². The number of hydrogen-bond acceptors (Lipinski definition) is 4. The molecule has 0 spiro atoms. The highest BCUT2D eigenvalue weighted by atomic mass is 16.5. The first kappa shape index (κ1) is 17.4. The molecule has 1 fully saturated rings. The fourth-order valence-corrected chi connectivity index (χ4v) is 4.42. The molecule has 4 aromatic rings. The van der Waals surface area contributed by atoms with Crippen LogP contribution in [0.2, 0.25) is 0 Å². The molecule has 0 bridgehead atoms. The summed E-state index contributed by atoms with van der Waals surface area (Å²) in [5.41, 5.74) is 5.26. The van der Waals surface area contributed by atoms with Gasteiger partial charge in [0.25, 0.3) is 0 Å². The largest absolute Gasteiger partial charge is 0.472 e. The maximum Gasteiger partial charge on any atom is 0.167 e. The quantitative estimate of drug-likeness (QED) is 0.530. The van der Waals surface area contributed by atoms with Crippen LogP contribution in [0.25, 0.3) is 33.9 Å². The lowest BCUT2D eigenvalue weighted by Crippen LogP contribution is -2.33. The number of aliphatic hydroxyl groups is 1. The van der Waals surface area contributed by atoms with Crippen molar-refractivity contribution >= 4 is 0 Å². The Morgan fingerprint density at radius 2 is 1.73 bits per heavy atom. The van der Waals surface area contributed by atoms with Crippen molar-refractivity contribution in [2.24, 2.45) is 0 Å². The van der Waals surface area contributed by atoms with E-state index in [1.807, 2.05) is 36.4 Å². The molecule has 1 aliphatic heterocycles. The monoisotopic (exact) mass is 395 g/mol. The van der Waals surface area contributed by atoms with Gasteiger partial charge in [0.15, 0.2) is 6.73 Å². The number of pyridine rings is 1. The van der Waals surface area contributed by atoms with Crippen LogP contribution in [-0.4, -0.2) is 19.6 Å². The molecule has 1 aliphatic carbocycles. The third-order valence-electron chi connectivity index (χ3n) is 6.26. The van der Waals surface area contributed by atoms with Crippen molar-refractivity contribution in [3.05, 3.63) is 78.6 Å². The SMILES string of the molecule is OC1(c2ccc(-c3nc4n(c3-c3ccccc3)COc3ccncc3-4)cc2)CCC1. The van der Waals surface area contributed by atoms with Gasteiger partial charge in [-0.15, -0.1) is 0 Å². The topological polar surface area (TPSA) is 60.2 Å². The first-order chi connectivity index (χ1) is 14.7. The molecule has 30 heavy (non-hydrogen) atoms. The first-order valence-corrected chi connectivity index (χ1v) is 10.3. The van der Waals surface area contributed by atoms with Crippen molar-refractivity contribution in [3.63, 3.8) is 0 Å². The molecule has 0 amide bonds. The second-order valence-corrected chi connectivity index (χ2v) is 8.03. The lowest BCUT2D eigenvalue weighted by molar-refractivity contribution is -0.0387. The van der Waals surface area contributed by atoms with E-state index in [-0.39, 0.29) is 0 Å². The van der Waals surface area contributed by atoms with Crippen LogP contribution < -0.4 is 4.74 Å². The van der Waals surface area contributed by atoms with Gasteiger partial charge >= 0.3 is 0 Å². The lowest BCUT2D eigenvalue weighted by Gasteiger charge is -2.37. The van der Waals surface area contributed by atoms with Gasteiger partial charge in [0.05, 0.1) is 22.6 Å². The predicted octanol–water partition coefficient (Wildman–Crippen LogP) is 5.00. The molecule has 2 aromatic carbocycles. The third kappa shape index (κ3) is 2.59. The molecule has 0 unspecified atom stereocenters. The molecule has 2 aliphatic rings. The molecular weight excluding hydrogens is 374 g/mol. The van der Waals surface area contributed by atoms with E-state index >= 15 is 0 Å². The Morgan fingerprint density at radius 1 is 0.933 bits per heavy atom. The van der Waals surface area contributed by atoms with Gasteiger partial charge in [-0.1, -0.05) is 54.6 Å². The van der Waals surface area contributed by atoms with Gasteiger partial charge in [-0.2, -0.15) is 0 Å². The molecule has 6 rings (SSSR count). The lowest BCUT2D eigenvalue weighted by atomic mass is 9.75. The highest BCUT2D eigenvalue weighted by Gasteiger charge is 2.36. The van der Waals surface area contributed by atoms with Crippen LogP contribution in [-0.2, 0) is 12.3 Å². The highest BCUT2D eigenvalue weighted by Crippen LogP contribution is 2.43. The maximum absolute atomic E-state index is 10.7. The normalized spacial score (nSPS) is 16.2. The Labute approximate surface area is 174 Å². The van der Waals surface area contributed by atoms with Crippen molar-refractivity contribution in [2.45, 2.75) is 31.6 Å². The molecule has 0 saturated heterocycles. The van der Waals surface area contributed by atoms with Gasteiger partial charge < -0.3 is 9.84 Å². The van der Waals surface area contributed by atoms with Gasteiger partial charge in [0.2, 0.25) is 0 Å². The molecule has 5 nitrogen and oxygen atoms in total. The van der Waals surface area contributed by atoms with E-state index in [1.165, 1.54) is 0 Å². The Morgan fingerprint density at radius 3 is 2.47 bits per heavy atom. The summed E-state index contributed by atoms with van der Waals surface area (Å²) in [5, 5.41) is 10.7. The number of rotatable bonds is 3. The van der Waals surface area contributed by atoms with E-state index in [0.717, 1.165) is 64.5 Å². The van der Waals surface area contributed by atoms with E-state index in [1.54, 1.807) is 12.4 Å². The number of ether oxygens (including phenoxy) is 1. The van der Waals surface area contributed by atoms with Crippen LogP contribution in [0.5, 0.6) is 5.75 Å². The third-order valence-corrected chi connectivity index (χ3v) is 6.26. The average molecular weight is 395 g/mol. The predicted molar refractivity (Wildman–Crippen MR) is 115 cm³/mol. The zero-order valence-corrected chi connectivity index (χ0v) is 16.5. The van der Waals surface area contributed by atoms with Crippen LogP contribution >= 0.6 is 0 Å². The molecular formula is C25H21N3O2. The first-order valence-electron chi connectivity index (χ1n) is 10.3. The fourth-order valence-electron chi connectivity index (χ4n) is 4.42. The molecule has 148 valence electrons. The number of hydrogen-bond donors (Lipinski definition) is 1. The fraction of sp³-hybridized carbons (Fsp3) is 0.200. The minimum atomic E-state index is -0.660. The average Bonchev–Trinajstić information content (AvgIpc) is 3.18. The number of aromatic nitrogens is 3. The second kappa shape index (κ2) is 6.54. The number of imidazole rings is 1. The number of fused-ring (bicyclic) bond motifs is 3. The van der Waals surface area contributed by atoms with E-state index < -0.39 is 5.60 Å². The number of nitrogens with zero attached hydrogens (tertiary/aromatic N) is 3. The molecule has 2 aromatic heterocycles. The summed E-state index contributed by atoms with van der Waals surface area (Å²) in [6.45, 7) is 0.404. The smallest absolute Gasteiger partial charge is 0.167 e. The summed E-state index contributed by atoms with van der Waals surface area (Å²) >= 11 is 0. The van der Waals surface area contributed by atoms with Crippen molar-refractivity contribution in [2.75, 3.05) is 0 Å². The van der Waals surface area contributed by atoms with Gasteiger partial charge in [0.1, 0.15) is 11.6 Å². The highest BCUT2D eigenvalue weighted by molar-refractivity contribution is 5.83. The standard InChI is InChI=1S/C25H21N3O2/c29-25(12-4-13-25)19-9-7-17(8-10-19)22-23(18-5-2-1-3-6-18)28-16-30-21-11-14-26-15-20(21)24(28)27-22/h1-3,5-11,14-15,29H,4,12-13,16H2. The maximum atomic E-state index is 10.7. The van der Waals surface area contributed by atoms with E-state index in [4.69, 9.17) is 9.72 Å². The molecule has 0 radical (unpaired) electrons. The number of benzene rings is 2. The minimum absolute atomic E-state index is 0.404. The summed E-state index contributed by atoms with van der Waals surface area (Å²) < 4.78 is 8.11. The second-order valence-electron chi connectivity index (χ2n) is 8.03. The van der Waals surface area contributed by atoms with Crippen molar-refractivity contribution in [1.82, 2.24) is 14.5 Å². The minimum Gasteiger partial charge on any atom is -0.472 e. The summed E-state index contributed by atoms with van der Waals surface area (Å²) in [4.78, 5) is 9.32. The molecule has 5 heteroatoms. The van der Waals surface area contributed by atoms with Crippen LogP contribution in [0.15, 0.2) is 73.1 Å². The molecule has 0 atom stereocenters. The van der Waals surface area contributed by atoms with Gasteiger partial charge in [0, 0.05) is 23.5 Å². The van der Waals surface area contributed by atoms with Crippen LogP contribution in [0.1, 0.15) is 24.8 Å². The molecule has 1 saturated carbocycles. The molecule has 3 heterocycles. The Bertz CT molecular complexity index is 1230. The summed E-state index contributed by atoms with van der Waals surface area (Å²) in [7, 11) is 0. The van der Waals surface area contributed by atoms with Crippen LogP contribution in [0.4, 0.5) is 0 Å². The van der Waals surface area contributed by atoms with Crippen molar-refractivity contribution in [3.8, 4) is 39.7 Å². The van der Waals surface area contributed by atoms with Gasteiger partial charge in [-0.3, -0.25) is 9.55 Å². The van der Waals surface area contributed by atoms with E-state index in [9.17, 15) is 5.11 Å². The van der Waals surface area contributed by atoms with Gasteiger partial charge in [-0.05, 0) is 30.9 Å². The summed E-state index contributed by atoms with van der Waals surface area (Å²) in [5.74, 6) is 1.66. The van der Waals surface area contributed by atoms with Crippen molar-refractivity contribution in [1.29, 1.82) is 0 Å². The van der Waals surface area contributed by atoms with E-state index in [0.29, 0.717) is 6.73 Å². The summed E-state index contributed by atoms with van der Waals surface area (Å²) in [6.07, 6.45) is 6.29. The Kier molecular flexibility index (Phi) is 3.80. The van der Waals surface area contributed by atoms with Crippen LogP contribution in [0.3, 0.4) is 0 Å².